The predicted octanol–water partition coefficient (Wildman–Crippen LogP) is 4.62. The number of benzene rings is 2. The molecule has 1 aliphatic heterocycles. The van der Waals surface area contributed by atoms with E-state index in [2.05, 4.69) is 0 Å². The molecule has 3 unspecified atom stereocenters. The topological polar surface area (TPSA) is 63.2 Å². The van der Waals surface area contributed by atoms with Crippen LogP contribution in [0.3, 0.4) is 0 Å². The predicted molar refractivity (Wildman–Crippen MR) is 116 cm³/mol. The lowest BCUT2D eigenvalue weighted by atomic mass is 10.1. The molecule has 0 spiro atoms. The summed E-state index contributed by atoms with van der Waals surface area (Å²) in [6.07, 6.45) is 0.691. The van der Waals surface area contributed by atoms with Crippen LogP contribution in [-0.2, 0) is 23.9 Å². The molecule has 29 heavy (non-hydrogen) atoms. The Hall–Kier alpha value is -1.68. The maximum atomic E-state index is 12.5. The van der Waals surface area contributed by atoms with Gasteiger partial charge in [-0.3, -0.25) is 0 Å². The lowest BCUT2D eigenvalue weighted by molar-refractivity contribution is -0.204. The van der Waals surface area contributed by atoms with Gasteiger partial charge in [-0.1, -0.05) is 36.4 Å². The summed E-state index contributed by atoms with van der Waals surface area (Å²) in [7, 11) is 1.59. The van der Waals surface area contributed by atoms with Gasteiger partial charge in [-0.25, -0.2) is 4.79 Å². The van der Waals surface area contributed by atoms with Crippen molar-refractivity contribution in [1.29, 1.82) is 0 Å². The Morgan fingerprint density at radius 3 is 2.69 bits per heavy atom. The van der Waals surface area contributed by atoms with E-state index in [-0.39, 0.29) is 25.1 Å². The van der Waals surface area contributed by atoms with Crippen LogP contribution in [0.1, 0.15) is 34.3 Å². The first kappa shape index (κ1) is 22.0. The van der Waals surface area contributed by atoms with Gasteiger partial charge in [0.15, 0.2) is 6.29 Å². The fourth-order valence-electron chi connectivity index (χ4n) is 3.13. The average molecular weight is 512 g/mol. The molecule has 1 saturated heterocycles. The van der Waals surface area contributed by atoms with Crippen LogP contribution in [0.4, 0.5) is 0 Å². The number of esters is 1. The Balaban J connectivity index is 1.57. The molecule has 0 aromatic heterocycles. The molecular formula is C22H25IO6. The molecule has 2 aromatic carbocycles. The highest BCUT2D eigenvalue weighted by Crippen LogP contribution is 2.25. The number of hydrogen-bond acceptors (Lipinski definition) is 6. The molecular weight excluding hydrogens is 487 g/mol. The van der Waals surface area contributed by atoms with E-state index in [0.29, 0.717) is 30.8 Å². The van der Waals surface area contributed by atoms with Gasteiger partial charge in [-0.15, -0.1) is 0 Å². The summed E-state index contributed by atoms with van der Waals surface area (Å²) in [5, 5.41) is 0. The molecule has 1 heterocycles. The summed E-state index contributed by atoms with van der Waals surface area (Å²) in [6, 6.07) is 15.2. The van der Waals surface area contributed by atoms with E-state index >= 15 is 0 Å². The molecule has 0 radical (unpaired) electrons. The van der Waals surface area contributed by atoms with Gasteiger partial charge < -0.3 is 22.0 Å². The van der Waals surface area contributed by atoms with Crippen molar-refractivity contribution in [3.05, 3.63) is 65.2 Å². The van der Waals surface area contributed by atoms with E-state index in [4.69, 9.17) is 22.0 Å². The summed E-state index contributed by atoms with van der Waals surface area (Å²) in [6.45, 7) is 2.52. The van der Waals surface area contributed by atoms with Gasteiger partial charge in [0.25, 0.3) is 0 Å². The second-order valence-electron chi connectivity index (χ2n) is 6.96. The van der Waals surface area contributed by atoms with Gasteiger partial charge in [0.05, 0.1) is 17.8 Å². The Morgan fingerprint density at radius 1 is 1.17 bits per heavy atom. The van der Waals surface area contributed by atoms with Gasteiger partial charge in [-0.05, 0) is 30.2 Å². The minimum Gasteiger partial charge on any atom is -0.489 e. The largest absolute Gasteiger partial charge is 0.489 e. The summed E-state index contributed by atoms with van der Waals surface area (Å²) in [5.41, 5.74) is 2.46. The van der Waals surface area contributed by atoms with Crippen molar-refractivity contribution in [2.24, 2.45) is 0 Å². The standard InChI is InChI=1S/C22H25IO6/c1-15-8-9-17(10-20(15)26-13-16-6-4-3-5-7-16)22(24)27-14-19-11-18(29-23)12-21(25-2)28-19/h3-10,18-19,21H,11-14H2,1-2H3. The number of aryl methyl sites for hydroxylation is 1. The molecule has 156 valence electrons. The number of carbonyl (C=O) groups is 1. The number of ether oxygens (including phenoxy) is 4. The van der Waals surface area contributed by atoms with Gasteiger partial charge in [0.1, 0.15) is 42.0 Å². The van der Waals surface area contributed by atoms with Crippen LogP contribution in [0.15, 0.2) is 48.5 Å². The fourth-order valence-corrected chi connectivity index (χ4v) is 3.55. The Bertz CT molecular complexity index is 785. The van der Waals surface area contributed by atoms with Crippen molar-refractivity contribution in [3.63, 3.8) is 0 Å². The molecule has 1 aliphatic rings. The second kappa shape index (κ2) is 10.9. The van der Waals surface area contributed by atoms with Crippen molar-refractivity contribution in [1.82, 2.24) is 0 Å². The van der Waals surface area contributed by atoms with Gasteiger partial charge in [0.2, 0.25) is 0 Å². The third kappa shape index (κ3) is 6.40. The summed E-state index contributed by atoms with van der Waals surface area (Å²) < 4.78 is 27.8. The molecule has 3 rings (SSSR count). The van der Waals surface area contributed by atoms with Crippen molar-refractivity contribution in [2.75, 3.05) is 13.7 Å². The minimum atomic E-state index is -0.412. The molecule has 0 bridgehead atoms. The van der Waals surface area contributed by atoms with E-state index in [1.807, 2.05) is 66.3 Å². The molecule has 0 aliphatic carbocycles. The number of rotatable bonds is 8. The Labute approximate surface area is 185 Å². The van der Waals surface area contributed by atoms with Gasteiger partial charge in [0, 0.05) is 20.0 Å². The Morgan fingerprint density at radius 2 is 1.97 bits per heavy atom. The summed E-state index contributed by atoms with van der Waals surface area (Å²) >= 11 is 1.88. The lowest BCUT2D eigenvalue weighted by Crippen LogP contribution is -2.39. The highest BCUT2D eigenvalue weighted by Gasteiger charge is 2.31. The van der Waals surface area contributed by atoms with Crippen LogP contribution in [-0.4, -0.2) is 38.2 Å². The molecule has 1 fully saturated rings. The molecule has 0 saturated carbocycles. The van der Waals surface area contributed by atoms with Crippen molar-refractivity contribution < 1.29 is 26.8 Å². The maximum absolute atomic E-state index is 12.5. The maximum Gasteiger partial charge on any atom is 0.338 e. The number of methoxy groups -OCH3 is 1. The van der Waals surface area contributed by atoms with Crippen LogP contribution in [0.5, 0.6) is 5.75 Å². The lowest BCUT2D eigenvalue weighted by Gasteiger charge is -2.32. The third-order valence-corrected chi connectivity index (χ3v) is 5.49. The molecule has 2 aromatic rings. The van der Waals surface area contributed by atoms with Crippen LogP contribution in [0, 0.1) is 6.92 Å². The monoisotopic (exact) mass is 512 g/mol. The van der Waals surface area contributed by atoms with Gasteiger partial charge >= 0.3 is 5.97 Å². The zero-order chi connectivity index (χ0) is 20.6. The zero-order valence-electron chi connectivity index (χ0n) is 16.5. The summed E-state index contributed by atoms with van der Waals surface area (Å²) in [5.74, 6) is 0.250. The average Bonchev–Trinajstić information content (AvgIpc) is 2.77. The van der Waals surface area contributed by atoms with E-state index in [0.717, 1.165) is 11.1 Å². The van der Waals surface area contributed by atoms with E-state index < -0.39 is 5.97 Å². The van der Waals surface area contributed by atoms with E-state index in [9.17, 15) is 4.79 Å². The second-order valence-corrected chi connectivity index (χ2v) is 7.47. The van der Waals surface area contributed by atoms with Gasteiger partial charge in [-0.2, -0.15) is 0 Å². The van der Waals surface area contributed by atoms with Crippen LogP contribution in [0.2, 0.25) is 0 Å². The third-order valence-electron chi connectivity index (χ3n) is 4.78. The van der Waals surface area contributed by atoms with Crippen molar-refractivity contribution >= 4 is 29.0 Å². The van der Waals surface area contributed by atoms with Crippen LogP contribution in [0.25, 0.3) is 0 Å². The van der Waals surface area contributed by atoms with Crippen molar-refractivity contribution in [2.45, 2.75) is 44.9 Å². The number of hydrogen-bond donors (Lipinski definition) is 0. The highest BCUT2D eigenvalue weighted by molar-refractivity contribution is 14.1. The first-order valence-corrected chi connectivity index (χ1v) is 10.4. The van der Waals surface area contributed by atoms with E-state index in [1.54, 1.807) is 19.2 Å². The van der Waals surface area contributed by atoms with E-state index in [1.165, 1.54) is 0 Å². The minimum absolute atomic E-state index is 0.00960. The normalized spacial score (nSPS) is 21.6. The molecule has 3 atom stereocenters. The summed E-state index contributed by atoms with van der Waals surface area (Å²) in [4.78, 5) is 12.5. The SMILES string of the molecule is COC1CC(OI)CC(COC(=O)c2ccc(C)c(OCc3ccccc3)c2)O1. The molecule has 7 heteroatoms. The Kier molecular flexibility index (Phi) is 8.29. The first-order chi connectivity index (χ1) is 14.1. The van der Waals surface area contributed by atoms with Crippen LogP contribution >= 0.6 is 23.0 Å². The van der Waals surface area contributed by atoms with Crippen molar-refractivity contribution in [3.8, 4) is 5.75 Å². The number of halogens is 1. The molecule has 6 nitrogen and oxygen atoms in total. The fraction of sp³-hybridized carbons (Fsp3) is 0.409. The smallest absolute Gasteiger partial charge is 0.338 e. The number of carbonyl (C=O) groups excluding carboxylic acids is 1. The highest BCUT2D eigenvalue weighted by atomic mass is 127. The zero-order valence-corrected chi connectivity index (χ0v) is 18.7. The van der Waals surface area contributed by atoms with Crippen LogP contribution < -0.4 is 4.74 Å². The molecule has 0 amide bonds. The quantitative estimate of drug-likeness (QED) is 0.380. The molecule has 0 N–H and O–H groups in total. The first-order valence-electron chi connectivity index (χ1n) is 9.49.